The largest absolute Gasteiger partial charge is 0.374 e. The summed E-state index contributed by atoms with van der Waals surface area (Å²) in [4.78, 5) is 13.0. The second-order valence-electron chi connectivity index (χ2n) is 3.28. The van der Waals surface area contributed by atoms with E-state index < -0.39 is 0 Å². The third-order valence-electron chi connectivity index (χ3n) is 2.29. The molecule has 4 nitrogen and oxygen atoms in total. The van der Waals surface area contributed by atoms with Crippen LogP contribution in [0.15, 0.2) is 12.1 Å². The van der Waals surface area contributed by atoms with Crippen molar-refractivity contribution in [2.45, 2.75) is 0 Å². The molecule has 0 aromatic heterocycles. The molecule has 0 atom stereocenters. The van der Waals surface area contributed by atoms with Gasteiger partial charge in [0.1, 0.15) is 6.54 Å². The number of anilines is 2. The second-order valence-corrected chi connectivity index (χ2v) is 4.09. The van der Waals surface area contributed by atoms with Crippen LogP contribution in [-0.4, -0.2) is 19.0 Å². The Balaban J connectivity index is 2.51. The summed E-state index contributed by atoms with van der Waals surface area (Å²) in [5.41, 5.74) is 1.30. The van der Waals surface area contributed by atoms with Crippen LogP contribution >= 0.6 is 23.2 Å². The third-order valence-corrected chi connectivity index (χ3v) is 3.01. The highest BCUT2D eigenvalue weighted by Crippen LogP contribution is 2.36. The molecule has 0 saturated heterocycles. The Morgan fingerprint density at radius 1 is 1.44 bits per heavy atom. The fourth-order valence-corrected chi connectivity index (χ4v) is 1.87. The maximum Gasteiger partial charge on any atom is 0.247 e. The Labute approximate surface area is 102 Å². The number of carbonyl (C=O) groups excluding carboxylic acids is 1. The van der Waals surface area contributed by atoms with Crippen molar-refractivity contribution in [1.82, 2.24) is 0 Å². The van der Waals surface area contributed by atoms with E-state index in [1.165, 1.54) is 4.90 Å². The van der Waals surface area contributed by atoms with Crippen LogP contribution in [0.5, 0.6) is 0 Å². The number of rotatable bonds is 1. The van der Waals surface area contributed by atoms with Crippen LogP contribution < -0.4 is 10.2 Å². The van der Waals surface area contributed by atoms with E-state index in [0.717, 1.165) is 0 Å². The van der Waals surface area contributed by atoms with E-state index in [2.05, 4.69) is 5.32 Å². The first kappa shape index (κ1) is 11.1. The number of halogens is 2. The summed E-state index contributed by atoms with van der Waals surface area (Å²) in [6.07, 6.45) is 0. The Kier molecular flexibility index (Phi) is 2.90. The molecule has 1 aliphatic heterocycles. The fraction of sp³-hybridized carbons (Fsp3) is 0.200. The van der Waals surface area contributed by atoms with Gasteiger partial charge in [-0.2, -0.15) is 5.26 Å². The summed E-state index contributed by atoms with van der Waals surface area (Å²) in [5.74, 6) is -0.160. The van der Waals surface area contributed by atoms with Crippen LogP contribution in [0, 0.1) is 11.3 Å². The third kappa shape index (κ3) is 1.80. The van der Waals surface area contributed by atoms with E-state index in [1.807, 2.05) is 6.07 Å². The molecule has 1 aromatic carbocycles. The zero-order valence-electron chi connectivity index (χ0n) is 8.13. The summed E-state index contributed by atoms with van der Waals surface area (Å²) in [6.45, 7) is 0.165. The Hall–Kier alpha value is -1.44. The molecule has 2 rings (SSSR count). The normalized spacial score (nSPS) is 14.1. The zero-order chi connectivity index (χ0) is 11.7. The van der Waals surface area contributed by atoms with Crippen molar-refractivity contribution in [3.05, 3.63) is 22.2 Å². The van der Waals surface area contributed by atoms with E-state index >= 15 is 0 Å². The highest BCUT2D eigenvalue weighted by molar-refractivity contribution is 6.42. The first-order valence-electron chi connectivity index (χ1n) is 4.53. The molecule has 0 spiro atoms. The maximum atomic E-state index is 11.6. The zero-order valence-corrected chi connectivity index (χ0v) is 9.64. The molecule has 16 heavy (non-hydrogen) atoms. The number of benzene rings is 1. The highest BCUT2D eigenvalue weighted by atomic mass is 35.5. The molecule has 6 heteroatoms. The van der Waals surface area contributed by atoms with Gasteiger partial charge in [-0.25, -0.2) is 0 Å². The van der Waals surface area contributed by atoms with Gasteiger partial charge in [0, 0.05) is 0 Å². The van der Waals surface area contributed by atoms with Crippen LogP contribution in [0.2, 0.25) is 10.0 Å². The first-order valence-corrected chi connectivity index (χ1v) is 5.29. The van der Waals surface area contributed by atoms with Gasteiger partial charge in [0.2, 0.25) is 5.91 Å². The van der Waals surface area contributed by atoms with Crippen LogP contribution in [0.4, 0.5) is 11.4 Å². The number of fused-ring (bicyclic) bond motifs is 1. The van der Waals surface area contributed by atoms with Crippen LogP contribution in [0.25, 0.3) is 0 Å². The van der Waals surface area contributed by atoms with E-state index in [4.69, 9.17) is 28.5 Å². The number of hydrogen-bond acceptors (Lipinski definition) is 3. The molecule has 1 heterocycles. The minimum atomic E-state index is -0.160. The minimum absolute atomic E-state index is 0.00543. The van der Waals surface area contributed by atoms with Gasteiger partial charge in [-0.05, 0) is 12.1 Å². The number of amides is 1. The molecular formula is C10H7Cl2N3O. The Morgan fingerprint density at radius 2 is 2.12 bits per heavy atom. The minimum Gasteiger partial charge on any atom is -0.374 e. The monoisotopic (exact) mass is 255 g/mol. The lowest BCUT2D eigenvalue weighted by Gasteiger charge is -2.28. The molecule has 0 fully saturated rings. The van der Waals surface area contributed by atoms with E-state index in [-0.39, 0.29) is 19.0 Å². The van der Waals surface area contributed by atoms with E-state index in [1.54, 1.807) is 12.1 Å². The SMILES string of the molecule is N#CCN1C(=O)CNc2cc(Cl)c(Cl)cc21. The first-order chi connectivity index (χ1) is 7.63. The average molecular weight is 256 g/mol. The molecule has 1 N–H and O–H groups in total. The van der Waals surface area contributed by atoms with Gasteiger partial charge in [0.05, 0.1) is 34.0 Å². The van der Waals surface area contributed by atoms with Gasteiger partial charge in [-0.1, -0.05) is 23.2 Å². The lowest BCUT2D eigenvalue weighted by molar-refractivity contribution is -0.117. The van der Waals surface area contributed by atoms with Crippen molar-refractivity contribution in [3.63, 3.8) is 0 Å². The highest BCUT2D eigenvalue weighted by Gasteiger charge is 2.24. The topological polar surface area (TPSA) is 56.1 Å². The summed E-state index contributed by atoms with van der Waals surface area (Å²) < 4.78 is 0. The van der Waals surface area contributed by atoms with E-state index in [0.29, 0.717) is 21.4 Å². The summed E-state index contributed by atoms with van der Waals surface area (Å²) in [6, 6.07) is 5.18. The molecule has 0 saturated carbocycles. The fourth-order valence-electron chi connectivity index (χ4n) is 1.55. The number of nitrogens with one attached hydrogen (secondary N) is 1. The van der Waals surface area contributed by atoms with Crippen molar-refractivity contribution in [2.75, 3.05) is 23.3 Å². The lowest BCUT2D eigenvalue weighted by Crippen LogP contribution is -2.40. The number of hydrogen-bond donors (Lipinski definition) is 1. The Morgan fingerprint density at radius 3 is 2.81 bits per heavy atom. The molecule has 0 radical (unpaired) electrons. The molecule has 0 aliphatic carbocycles. The molecular weight excluding hydrogens is 249 g/mol. The van der Waals surface area contributed by atoms with Gasteiger partial charge in [-0.15, -0.1) is 0 Å². The van der Waals surface area contributed by atoms with Crippen LogP contribution in [0.1, 0.15) is 0 Å². The maximum absolute atomic E-state index is 11.6. The van der Waals surface area contributed by atoms with Gasteiger partial charge in [0.25, 0.3) is 0 Å². The van der Waals surface area contributed by atoms with Crippen molar-refractivity contribution in [1.29, 1.82) is 5.26 Å². The number of nitriles is 1. The van der Waals surface area contributed by atoms with Gasteiger partial charge >= 0.3 is 0 Å². The van der Waals surface area contributed by atoms with Crippen LogP contribution in [0.3, 0.4) is 0 Å². The quantitative estimate of drug-likeness (QED) is 0.784. The molecule has 1 amide bonds. The van der Waals surface area contributed by atoms with Crippen LogP contribution in [-0.2, 0) is 4.79 Å². The lowest BCUT2D eigenvalue weighted by atomic mass is 10.2. The Bertz CT molecular complexity index is 496. The van der Waals surface area contributed by atoms with Gasteiger partial charge < -0.3 is 5.32 Å². The smallest absolute Gasteiger partial charge is 0.247 e. The van der Waals surface area contributed by atoms with E-state index in [9.17, 15) is 4.79 Å². The van der Waals surface area contributed by atoms with Crippen molar-refractivity contribution in [3.8, 4) is 6.07 Å². The average Bonchev–Trinajstić information content (AvgIpc) is 2.25. The number of carbonyl (C=O) groups is 1. The molecule has 82 valence electrons. The second kappa shape index (κ2) is 4.20. The predicted molar refractivity (Wildman–Crippen MR) is 62.9 cm³/mol. The summed E-state index contributed by atoms with van der Waals surface area (Å²) in [5, 5.41) is 12.4. The molecule has 0 bridgehead atoms. The standard InChI is InChI=1S/C10H7Cl2N3O/c11-6-3-8-9(4-7(6)12)15(2-1-13)10(16)5-14-8/h3-4,14H,2,5H2. The molecule has 1 aliphatic rings. The van der Waals surface area contributed by atoms with Crippen molar-refractivity contribution in [2.24, 2.45) is 0 Å². The predicted octanol–water partition coefficient (Wildman–Crippen LogP) is 2.28. The molecule has 1 aromatic rings. The van der Waals surface area contributed by atoms with Crippen molar-refractivity contribution < 1.29 is 4.79 Å². The summed E-state index contributed by atoms with van der Waals surface area (Å²) in [7, 11) is 0. The van der Waals surface area contributed by atoms with Gasteiger partial charge in [0.15, 0.2) is 0 Å². The molecule has 0 unspecified atom stereocenters. The van der Waals surface area contributed by atoms with Crippen molar-refractivity contribution >= 4 is 40.5 Å². The van der Waals surface area contributed by atoms with Gasteiger partial charge in [-0.3, -0.25) is 9.69 Å². The summed E-state index contributed by atoms with van der Waals surface area (Å²) >= 11 is 11.7. The number of nitrogens with zero attached hydrogens (tertiary/aromatic N) is 2.